The van der Waals surface area contributed by atoms with Crippen LogP contribution in [0.2, 0.25) is 10.0 Å². The monoisotopic (exact) mass is 553 g/mol. The van der Waals surface area contributed by atoms with Crippen molar-refractivity contribution < 1.29 is 27.1 Å². The number of methoxy groups -OCH3 is 2. The minimum absolute atomic E-state index is 0.0230. The Morgan fingerprint density at radius 3 is 2.39 bits per heavy atom. The second-order valence-electron chi connectivity index (χ2n) is 7.30. The molecule has 36 heavy (non-hydrogen) atoms. The number of halogens is 3. The third kappa shape index (κ3) is 6.52. The molecule has 3 aromatic rings. The number of carbonyl (C=O) groups is 1. The Balaban J connectivity index is 1.85. The van der Waals surface area contributed by atoms with E-state index in [1.807, 2.05) is 0 Å². The van der Waals surface area contributed by atoms with Crippen LogP contribution in [0.1, 0.15) is 11.1 Å². The van der Waals surface area contributed by atoms with Crippen LogP contribution < -0.4 is 14.9 Å². The van der Waals surface area contributed by atoms with Crippen LogP contribution in [0.15, 0.2) is 70.7 Å². The van der Waals surface area contributed by atoms with Crippen molar-refractivity contribution >= 4 is 45.3 Å². The maximum absolute atomic E-state index is 14.4. The summed E-state index contributed by atoms with van der Waals surface area (Å²) in [6.45, 7) is -1.15. The topological polar surface area (TPSA) is 97.3 Å². The van der Waals surface area contributed by atoms with Crippen molar-refractivity contribution in [2.45, 2.75) is 11.4 Å². The van der Waals surface area contributed by atoms with Crippen LogP contribution in [-0.2, 0) is 21.4 Å². The number of nitrogens with zero attached hydrogens (tertiary/aromatic N) is 2. The van der Waals surface area contributed by atoms with E-state index in [1.54, 1.807) is 18.2 Å². The maximum atomic E-state index is 14.4. The lowest BCUT2D eigenvalue weighted by Crippen LogP contribution is -2.39. The highest BCUT2D eigenvalue weighted by molar-refractivity contribution is 7.89. The van der Waals surface area contributed by atoms with Crippen LogP contribution in [0.4, 0.5) is 4.39 Å². The fraction of sp³-hybridized carbons (Fsp3) is 0.167. The summed E-state index contributed by atoms with van der Waals surface area (Å²) >= 11 is 12.0. The number of hydrogen-bond acceptors (Lipinski definition) is 6. The number of hydrazone groups is 1. The molecule has 0 radical (unpaired) electrons. The lowest BCUT2D eigenvalue weighted by atomic mass is 10.2. The molecule has 0 atom stereocenters. The smallest absolute Gasteiger partial charge is 0.255 e. The van der Waals surface area contributed by atoms with Gasteiger partial charge < -0.3 is 9.47 Å². The Kier molecular flexibility index (Phi) is 9.27. The molecule has 3 rings (SSSR count). The summed E-state index contributed by atoms with van der Waals surface area (Å²) in [5, 5.41) is 4.24. The molecule has 0 aliphatic heterocycles. The zero-order valence-electron chi connectivity index (χ0n) is 19.2. The van der Waals surface area contributed by atoms with Gasteiger partial charge in [-0.15, -0.1) is 0 Å². The molecular weight excluding hydrogens is 532 g/mol. The number of hydrogen-bond donors (Lipinski definition) is 1. The summed E-state index contributed by atoms with van der Waals surface area (Å²) in [6, 6.07) is 14.5. The first-order valence-corrected chi connectivity index (χ1v) is 12.6. The highest BCUT2D eigenvalue weighted by Gasteiger charge is 2.28. The van der Waals surface area contributed by atoms with E-state index in [1.165, 1.54) is 56.8 Å². The molecule has 1 N–H and O–H groups in total. The number of sulfonamides is 1. The molecule has 0 saturated carbocycles. The van der Waals surface area contributed by atoms with Crippen molar-refractivity contribution in [1.82, 2.24) is 9.73 Å². The lowest BCUT2D eigenvalue weighted by molar-refractivity contribution is -0.121. The van der Waals surface area contributed by atoms with E-state index < -0.39 is 34.8 Å². The van der Waals surface area contributed by atoms with Crippen molar-refractivity contribution in [3.63, 3.8) is 0 Å². The van der Waals surface area contributed by atoms with Crippen LogP contribution in [-0.4, -0.2) is 45.6 Å². The van der Waals surface area contributed by atoms with Gasteiger partial charge >= 0.3 is 0 Å². The van der Waals surface area contributed by atoms with Crippen molar-refractivity contribution in [2.75, 3.05) is 20.8 Å². The van der Waals surface area contributed by atoms with Crippen molar-refractivity contribution in [2.24, 2.45) is 5.10 Å². The minimum Gasteiger partial charge on any atom is -0.493 e. The normalized spacial score (nSPS) is 11.6. The predicted octanol–water partition coefficient (Wildman–Crippen LogP) is 4.49. The van der Waals surface area contributed by atoms with Crippen LogP contribution in [0, 0.1) is 5.82 Å². The molecule has 0 aliphatic rings. The van der Waals surface area contributed by atoms with E-state index in [2.05, 4.69) is 10.5 Å². The van der Waals surface area contributed by atoms with Crippen molar-refractivity contribution in [3.8, 4) is 11.5 Å². The van der Waals surface area contributed by atoms with Crippen LogP contribution >= 0.6 is 23.2 Å². The van der Waals surface area contributed by atoms with Gasteiger partial charge in [-0.25, -0.2) is 18.2 Å². The average Bonchev–Trinajstić information content (AvgIpc) is 2.85. The predicted molar refractivity (Wildman–Crippen MR) is 136 cm³/mol. The molecular formula is C24H22Cl2FN3O5S. The highest BCUT2D eigenvalue weighted by atomic mass is 35.5. The first-order valence-electron chi connectivity index (χ1n) is 10.4. The van der Waals surface area contributed by atoms with E-state index in [4.69, 9.17) is 32.7 Å². The molecule has 12 heteroatoms. The largest absolute Gasteiger partial charge is 0.493 e. The number of benzene rings is 3. The second-order valence-corrected chi connectivity index (χ2v) is 10.1. The Morgan fingerprint density at radius 1 is 1.06 bits per heavy atom. The quantitative estimate of drug-likeness (QED) is 0.294. The first-order chi connectivity index (χ1) is 17.2. The zero-order chi connectivity index (χ0) is 26.3. The fourth-order valence-electron chi connectivity index (χ4n) is 3.22. The van der Waals surface area contributed by atoms with E-state index in [0.717, 1.165) is 10.4 Å². The zero-order valence-corrected chi connectivity index (χ0v) is 21.6. The number of carbonyl (C=O) groups excluding carboxylic acids is 1. The summed E-state index contributed by atoms with van der Waals surface area (Å²) in [7, 11) is -1.30. The molecule has 0 bridgehead atoms. The standard InChI is InChI=1S/C24H22Cl2FN3O5S/c1-34-22-8-3-5-16(24(22)35-2)13-28-29-23(31)15-30(14-19-20(26)6-4-7-21(19)27)36(32,33)18-11-9-17(25)10-12-18/h3-13H,14-15H2,1-2H3,(H,29,31)/b28-13-. The summed E-state index contributed by atoms with van der Waals surface area (Å²) < 4.78 is 52.4. The van der Waals surface area contributed by atoms with E-state index in [-0.39, 0.29) is 15.5 Å². The Morgan fingerprint density at radius 2 is 1.75 bits per heavy atom. The number of ether oxygens (including phenoxy) is 2. The van der Waals surface area contributed by atoms with Gasteiger partial charge in [-0.3, -0.25) is 4.79 Å². The summed E-state index contributed by atoms with van der Waals surface area (Å²) in [5.41, 5.74) is 2.72. The molecule has 0 spiro atoms. The summed E-state index contributed by atoms with van der Waals surface area (Å²) in [6.07, 6.45) is 1.32. The maximum Gasteiger partial charge on any atom is 0.255 e. The van der Waals surface area contributed by atoms with E-state index in [9.17, 15) is 17.6 Å². The Hall–Kier alpha value is -3.18. The Bertz CT molecular complexity index is 1350. The number of nitrogens with one attached hydrogen (secondary N) is 1. The average molecular weight is 554 g/mol. The molecule has 0 saturated heterocycles. The molecule has 0 heterocycles. The molecule has 0 unspecified atom stereocenters. The van der Waals surface area contributed by atoms with Crippen molar-refractivity contribution in [3.05, 3.63) is 87.7 Å². The SMILES string of the molecule is COc1cccc(/C=N\NC(=O)CN(Cc2c(F)cccc2Cl)S(=O)(=O)c2ccc(Cl)cc2)c1OC. The van der Waals surface area contributed by atoms with Crippen molar-refractivity contribution in [1.29, 1.82) is 0 Å². The molecule has 0 aromatic heterocycles. The van der Waals surface area contributed by atoms with E-state index >= 15 is 0 Å². The number of rotatable bonds is 10. The van der Waals surface area contributed by atoms with Gasteiger partial charge in [0.15, 0.2) is 11.5 Å². The number of amides is 1. The molecule has 190 valence electrons. The second kappa shape index (κ2) is 12.2. The van der Waals surface area contributed by atoms with Gasteiger partial charge in [-0.05, 0) is 48.5 Å². The third-order valence-corrected chi connectivity index (χ3v) is 7.41. The van der Waals surface area contributed by atoms with Gasteiger partial charge in [0.05, 0.1) is 31.9 Å². The molecule has 3 aromatic carbocycles. The van der Waals surface area contributed by atoms with Gasteiger partial charge in [0.2, 0.25) is 10.0 Å². The fourth-order valence-corrected chi connectivity index (χ4v) is 4.94. The summed E-state index contributed by atoms with van der Waals surface area (Å²) in [4.78, 5) is 12.6. The van der Waals surface area contributed by atoms with Gasteiger partial charge in [-0.2, -0.15) is 9.41 Å². The van der Waals surface area contributed by atoms with E-state index in [0.29, 0.717) is 22.1 Å². The van der Waals surface area contributed by atoms with Gasteiger partial charge in [0, 0.05) is 27.7 Å². The number of para-hydroxylation sites is 1. The van der Waals surface area contributed by atoms with Gasteiger partial charge in [-0.1, -0.05) is 35.3 Å². The molecule has 0 aliphatic carbocycles. The summed E-state index contributed by atoms with van der Waals surface area (Å²) in [5.74, 6) is -0.602. The molecule has 8 nitrogen and oxygen atoms in total. The first kappa shape index (κ1) is 27.4. The minimum atomic E-state index is -4.24. The molecule has 0 fully saturated rings. The third-order valence-electron chi connectivity index (χ3n) is 4.99. The van der Waals surface area contributed by atoms with Crippen LogP contribution in [0.25, 0.3) is 0 Å². The van der Waals surface area contributed by atoms with Crippen LogP contribution in [0.3, 0.4) is 0 Å². The highest BCUT2D eigenvalue weighted by Crippen LogP contribution is 2.29. The molecule has 1 amide bonds. The van der Waals surface area contributed by atoms with Gasteiger partial charge in [0.25, 0.3) is 5.91 Å². The van der Waals surface area contributed by atoms with Crippen LogP contribution in [0.5, 0.6) is 11.5 Å². The lowest BCUT2D eigenvalue weighted by Gasteiger charge is -2.22. The van der Waals surface area contributed by atoms with Gasteiger partial charge in [0.1, 0.15) is 5.82 Å². The Labute approximate surface area is 218 Å².